The van der Waals surface area contributed by atoms with Crippen LogP contribution in [0.2, 0.25) is 0 Å². The van der Waals surface area contributed by atoms with Gasteiger partial charge in [0.2, 0.25) is 11.8 Å². The summed E-state index contributed by atoms with van der Waals surface area (Å²) in [5.41, 5.74) is -1.03. The molecule has 0 aromatic heterocycles. The molecule has 1 aliphatic carbocycles. The number of carbonyl (C=O) groups excluding carboxylic acids is 3. The normalized spacial score (nSPS) is 28.1. The van der Waals surface area contributed by atoms with Gasteiger partial charge in [0.25, 0.3) is 0 Å². The molecule has 2 heterocycles. The van der Waals surface area contributed by atoms with E-state index in [9.17, 15) is 32.8 Å². The molecule has 2 aliphatic heterocycles. The second-order valence-corrected chi connectivity index (χ2v) is 10.8. The van der Waals surface area contributed by atoms with Crippen molar-refractivity contribution >= 4 is 34.9 Å². The van der Waals surface area contributed by atoms with Crippen LogP contribution in [0, 0.1) is 34.5 Å². The lowest BCUT2D eigenvalue weighted by Gasteiger charge is -2.37. The number of rotatable bonds is 6. The highest BCUT2D eigenvalue weighted by atomic mass is 32.1. The van der Waals surface area contributed by atoms with E-state index < -0.39 is 47.4 Å². The first kappa shape index (κ1) is 26.2. The molecular weight excluding hydrogens is 471 g/mol. The van der Waals surface area contributed by atoms with Crippen molar-refractivity contribution in [1.82, 2.24) is 20.9 Å². The standard InChI is InChI=1S/C22H30F3N5O3S/c1-21(2,3)16(29-20(33)22(23,24)25)19(32)30-10-12-4-5-14(12)15(30)17(31)28-13(9-26)8-11-6-7-27-18(11)34/h11-16H,4-8,10H2,1-3H3,(H,27,34)(H,28,31)(H,29,33)/t11-,12-,13-,14?,15-,16+/m0/s1. The Balaban J connectivity index is 1.77. The van der Waals surface area contributed by atoms with Crippen LogP contribution in [0.15, 0.2) is 0 Å². The topological polar surface area (TPSA) is 114 Å². The zero-order chi connectivity index (χ0) is 25.4. The van der Waals surface area contributed by atoms with Gasteiger partial charge in [0.05, 0.1) is 11.1 Å². The van der Waals surface area contributed by atoms with Gasteiger partial charge in [-0.1, -0.05) is 33.0 Å². The van der Waals surface area contributed by atoms with Crippen molar-refractivity contribution in [3.63, 3.8) is 0 Å². The molecule has 1 unspecified atom stereocenters. The first-order valence-corrected chi connectivity index (χ1v) is 11.8. The second kappa shape index (κ2) is 9.68. The lowest BCUT2D eigenvalue weighted by molar-refractivity contribution is -0.176. The maximum absolute atomic E-state index is 13.4. The molecule has 0 aromatic rings. The number of alkyl halides is 3. The van der Waals surface area contributed by atoms with Gasteiger partial charge in [-0.05, 0) is 42.9 Å². The van der Waals surface area contributed by atoms with Crippen LogP contribution < -0.4 is 16.0 Å². The molecule has 3 fully saturated rings. The summed E-state index contributed by atoms with van der Waals surface area (Å²) in [6.45, 7) is 5.59. The zero-order valence-corrected chi connectivity index (χ0v) is 20.2. The van der Waals surface area contributed by atoms with E-state index in [0.29, 0.717) is 24.4 Å². The summed E-state index contributed by atoms with van der Waals surface area (Å²) in [5.74, 6) is -3.52. The van der Waals surface area contributed by atoms with Crippen LogP contribution in [0.4, 0.5) is 13.2 Å². The Morgan fingerprint density at radius 1 is 1.21 bits per heavy atom. The van der Waals surface area contributed by atoms with Crippen molar-refractivity contribution in [3.8, 4) is 6.07 Å². The van der Waals surface area contributed by atoms with Crippen LogP contribution in [-0.2, 0) is 14.4 Å². The molecular formula is C22H30F3N5O3S. The molecule has 3 aliphatic rings. The smallest absolute Gasteiger partial charge is 0.379 e. The molecule has 3 rings (SSSR count). The summed E-state index contributed by atoms with van der Waals surface area (Å²) in [4.78, 5) is 40.3. The van der Waals surface area contributed by atoms with Crippen LogP contribution in [-0.4, -0.2) is 65.0 Å². The number of nitrogens with one attached hydrogen (secondary N) is 3. The molecule has 2 saturated heterocycles. The fourth-order valence-electron chi connectivity index (χ4n) is 4.98. The second-order valence-electron chi connectivity index (χ2n) is 10.4. The maximum Gasteiger partial charge on any atom is 0.471 e. The van der Waals surface area contributed by atoms with Gasteiger partial charge >= 0.3 is 12.1 Å². The number of amides is 3. The van der Waals surface area contributed by atoms with E-state index in [0.717, 1.165) is 12.8 Å². The summed E-state index contributed by atoms with van der Waals surface area (Å²) in [5, 5.41) is 17.2. The quantitative estimate of drug-likeness (QED) is 0.477. The van der Waals surface area contributed by atoms with Gasteiger partial charge in [-0.15, -0.1) is 0 Å². The predicted molar refractivity (Wildman–Crippen MR) is 120 cm³/mol. The molecule has 12 heteroatoms. The largest absolute Gasteiger partial charge is 0.471 e. The number of hydrogen-bond donors (Lipinski definition) is 3. The third-order valence-corrected chi connectivity index (χ3v) is 7.48. The molecule has 0 radical (unpaired) electrons. The van der Waals surface area contributed by atoms with Gasteiger partial charge in [0.15, 0.2) is 0 Å². The number of nitriles is 1. The Morgan fingerprint density at radius 3 is 2.35 bits per heavy atom. The van der Waals surface area contributed by atoms with E-state index in [1.165, 1.54) is 4.90 Å². The number of likely N-dealkylation sites (tertiary alicyclic amines) is 1. The number of carbonyl (C=O) groups is 3. The molecule has 3 N–H and O–H groups in total. The lowest BCUT2D eigenvalue weighted by atomic mass is 9.73. The zero-order valence-electron chi connectivity index (χ0n) is 19.4. The minimum Gasteiger partial charge on any atom is -0.379 e. The maximum atomic E-state index is 13.4. The number of thiocarbonyl (C=S) groups is 1. The SMILES string of the molecule is CC(C)(C)[C@H](NC(=O)C(F)(F)F)C(=O)N1C[C@@H]2CCC2[C@H]1C(=O)N[C@H](C#N)C[C@@H]1CCNC1=S. The van der Waals surface area contributed by atoms with Crippen molar-refractivity contribution in [2.24, 2.45) is 23.2 Å². The number of fused-ring (bicyclic) bond motifs is 1. The molecule has 0 bridgehead atoms. The van der Waals surface area contributed by atoms with Gasteiger partial charge < -0.3 is 20.9 Å². The Bertz CT molecular complexity index is 898. The molecule has 34 heavy (non-hydrogen) atoms. The van der Waals surface area contributed by atoms with E-state index in [-0.39, 0.29) is 24.3 Å². The molecule has 1 saturated carbocycles. The number of hydrogen-bond acceptors (Lipinski definition) is 5. The van der Waals surface area contributed by atoms with E-state index in [1.54, 1.807) is 20.8 Å². The van der Waals surface area contributed by atoms with Gasteiger partial charge in [0.1, 0.15) is 18.1 Å². The van der Waals surface area contributed by atoms with Crippen LogP contribution in [0.1, 0.15) is 46.5 Å². The van der Waals surface area contributed by atoms with Gasteiger partial charge in [-0.25, -0.2) is 0 Å². The van der Waals surface area contributed by atoms with E-state index in [4.69, 9.17) is 12.2 Å². The van der Waals surface area contributed by atoms with E-state index in [1.807, 2.05) is 5.32 Å². The van der Waals surface area contributed by atoms with Crippen molar-refractivity contribution in [3.05, 3.63) is 0 Å². The van der Waals surface area contributed by atoms with E-state index >= 15 is 0 Å². The summed E-state index contributed by atoms with van der Waals surface area (Å²) in [7, 11) is 0. The van der Waals surface area contributed by atoms with E-state index in [2.05, 4.69) is 16.7 Å². The first-order chi connectivity index (χ1) is 15.7. The summed E-state index contributed by atoms with van der Waals surface area (Å²) in [6.07, 6.45) is -2.53. The Morgan fingerprint density at radius 2 is 1.88 bits per heavy atom. The van der Waals surface area contributed by atoms with Gasteiger partial charge in [0, 0.05) is 19.0 Å². The molecule has 188 valence electrons. The Kier molecular flexibility index (Phi) is 7.45. The minimum atomic E-state index is -5.14. The number of nitrogens with zero attached hydrogens (tertiary/aromatic N) is 2. The third kappa shape index (κ3) is 5.45. The van der Waals surface area contributed by atoms with Crippen molar-refractivity contribution in [2.75, 3.05) is 13.1 Å². The molecule has 0 aromatic carbocycles. The van der Waals surface area contributed by atoms with Crippen LogP contribution in [0.25, 0.3) is 0 Å². The first-order valence-electron chi connectivity index (χ1n) is 11.4. The average Bonchev–Trinajstić information content (AvgIpc) is 3.23. The summed E-state index contributed by atoms with van der Waals surface area (Å²) in [6, 6.07) is -1.10. The Hall–Kier alpha value is -2.42. The third-order valence-electron chi connectivity index (χ3n) is 7.00. The summed E-state index contributed by atoms with van der Waals surface area (Å²) < 4.78 is 38.7. The van der Waals surface area contributed by atoms with Crippen LogP contribution in [0.3, 0.4) is 0 Å². The highest BCUT2D eigenvalue weighted by Crippen LogP contribution is 2.45. The monoisotopic (exact) mass is 501 g/mol. The molecule has 3 amide bonds. The Labute approximate surface area is 202 Å². The lowest BCUT2D eigenvalue weighted by Crippen LogP contribution is -2.60. The minimum absolute atomic E-state index is 0.0273. The van der Waals surface area contributed by atoms with Crippen LogP contribution >= 0.6 is 12.2 Å². The fraction of sp³-hybridized carbons (Fsp3) is 0.773. The van der Waals surface area contributed by atoms with Crippen LogP contribution in [0.5, 0.6) is 0 Å². The summed E-state index contributed by atoms with van der Waals surface area (Å²) >= 11 is 5.25. The molecule has 6 atom stereocenters. The van der Waals surface area contributed by atoms with Gasteiger partial charge in [-0.2, -0.15) is 18.4 Å². The van der Waals surface area contributed by atoms with Crippen molar-refractivity contribution in [2.45, 2.75) is 70.8 Å². The molecule has 0 spiro atoms. The predicted octanol–water partition coefficient (Wildman–Crippen LogP) is 1.65. The fourth-order valence-corrected chi connectivity index (χ4v) is 5.30. The average molecular weight is 502 g/mol. The molecule has 8 nitrogen and oxygen atoms in total. The number of halogens is 3. The highest BCUT2D eigenvalue weighted by Gasteiger charge is 2.54. The van der Waals surface area contributed by atoms with Crippen molar-refractivity contribution < 1.29 is 27.6 Å². The highest BCUT2D eigenvalue weighted by molar-refractivity contribution is 7.80. The van der Waals surface area contributed by atoms with Gasteiger partial charge in [-0.3, -0.25) is 14.4 Å². The van der Waals surface area contributed by atoms with Crippen molar-refractivity contribution in [1.29, 1.82) is 5.26 Å².